The van der Waals surface area contributed by atoms with Gasteiger partial charge in [0.25, 0.3) is 0 Å². The van der Waals surface area contributed by atoms with Crippen LogP contribution in [-0.2, 0) is 9.53 Å². The van der Waals surface area contributed by atoms with Crippen molar-refractivity contribution < 1.29 is 9.53 Å². The number of rotatable bonds is 7. The molecule has 0 aromatic rings. The van der Waals surface area contributed by atoms with Gasteiger partial charge in [-0.3, -0.25) is 4.79 Å². The number of nitrogens with one attached hydrogen (secondary N) is 1. The maximum atomic E-state index is 10.8. The van der Waals surface area contributed by atoms with Crippen molar-refractivity contribution in [1.82, 2.24) is 5.32 Å². The normalized spacial score (nSPS) is 14.9. The molecule has 84 valence electrons. The Morgan fingerprint density at radius 1 is 1.50 bits per heavy atom. The van der Waals surface area contributed by atoms with Crippen molar-refractivity contribution in [2.75, 3.05) is 19.9 Å². The molecular formula is C10H21NO2S. The second kappa shape index (κ2) is 8.12. The van der Waals surface area contributed by atoms with Gasteiger partial charge >= 0.3 is 5.97 Å². The highest BCUT2D eigenvalue weighted by molar-refractivity contribution is 7.99. The van der Waals surface area contributed by atoms with Crippen LogP contribution in [0.3, 0.4) is 0 Å². The minimum atomic E-state index is -0.119. The molecule has 0 aromatic heterocycles. The smallest absolute Gasteiger partial charge is 0.306 e. The molecule has 0 bridgehead atoms. The molecule has 2 atom stereocenters. The number of carbonyl (C=O) groups excluding carboxylic acids is 1. The number of carbonyl (C=O) groups is 1. The highest BCUT2D eigenvalue weighted by Crippen LogP contribution is 2.16. The first-order valence-electron chi connectivity index (χ1n) is 4.95. The highest BCUT2D eigenvalue weighted by Gasteiger charge is 2.08. The van der Waals surface area contributed by atoms with Crippen LogP contribution in [0.25, 0.3) is 0 Å². The predicted molar refractivity (Wildman–Crippen MR) is 61.7 cm³/mol. The third kappa shape index (κ3) is 7.21. The van der Waals surface area contributed by atoms with Crippen LogP contribution < -0.4 is 5.32 Å². The zero-order valence-electron chi connectivity index (χ0n) is 9.50. The Labute approximate surface area is 91.0 Å². The van der Waals surface area contributed by atoms with Crippen LogP contribution in [-0.4, -0.2) is 37.2 Å². The Morgan fingerprint density at radius 3 is 2.64 bits per heavy atom. The first-order chi connectivity index (χ1) is 6.60. The molecule has 1 N–H and O–H groups in total. The van der Waals surface area contributed by atoms with Gasteiger partial charge in [-0.15, -0.1) is 0 Å². The molecule has 0 rings (SSSR count). The Balaban J connectivity index is 3.44. The van der Waals surface area contributed by atoms with E-state index >= 15 is 0 Å². The maximum absolute atomic E-state index is 10.8. The standard InChI is InChI=1S/C10H21NO2S/c1-8(11-3)7-9(2)14-6-5-10(12)13-4/h8-9,11H,5-7H2,1-4H3. The van der Waals surface area contributed by atoms with Gasteiger partial charge in [0, 0.05) is 17.0 Å². The van der Waals surface area contributed by atoms with Gasteiger partial charge in [0.1, 0.15) is 0 Å². The number of hydrogen-bond donors (Lipinski definition) is 1. The lowest BCUT2D eigenvalue weighted by molar-refractivity contribution is -0.140. The van der Waals surface area contributed by atoms with E-state index in [4.69, 9.17) is 0 Å². The van der Waals surface area contributed by atoms with E-state index in [2.05, 4.69) is 23.9 Å². The molecule has 0 spiro atoms. The number of ether oxygens (including phenoxy) is 1. The first-order valence-corrected chi connectivity index (χ1v) is 6.00. The molecule has 4 heteroatoms. The molecule has 14 heavy (non-hydrogen) atoms. The van der Waals surface area contributed by atoms with Gasteiger partial charge in [0.05, 0.1) is 13.5 Å². The van der Waals surface area contributed by atoms with Crippen molar-refractivity contribution in [1.29, 1.82) is 0 Å². The van der Waals surface area contributed by atoms with Gasteiger partial charge in [-0.05, 0) is 20.4 Å². The number of hydrogen-bond acceptors (Lipinski definition) is 4. The first kappa shape index (κ1) is 13.8. The van der Waals surface area contributed by atoms with E-state index in [-0.39, 0.29) is 5.97 Å². The predicted octanol–water partition coefficient (Wildman–Crippen LogP) is 1.67. The van der Waals surface area contributed by atoms with Gasteiger partial charge in [-0.1, -0.05) is 6.92 Å². The molecule has 0 radical (unpaired) electrons. The third-order valence-corrected chi connectivity index (χ3v) is 3.32. The minimum Gasteiger partial charge on any atom is -0.469 e. The van der Waals surface area contributed by atoms with Gasteiger partial charge < -0.3 is 10.1 Å². The zero-order chi connectivity index (χ0) is 11.0. The number of methoxy groups -OCH3 is 1. The van der Waals surface area contributed by atoms with Crippen molar-refractivity contribution in [3.8, 4) is 0 Å². The minimum absolute atomic E-state index is 0.119. The fourth-order valence-electron chi connectivity index (χ4n) is 1.13. The van der Waals surface area contributed by atoms with Crippen LogP contribution in [0, 0.1) is 0 Å². The topological polar surface area (TPSA) is 38.3 Å². The van der Waals surface area contributed by atoms with E-state index in [1.807, 2.05) is 18.8 Å². The Hall–Kier alpha value is -0.220. The summed E-state index contributed by atoms with van der Waals surface area (Å²) in [6.45, 7) is 4.35. The Kier molecular flexibility index (Phi) is 7.99. The molecule has 2 unspecified atom stereocenters. The fraction of sp³-hybridized carbons (Fsp3) is 0.900. The van der Waals surface area contributed by atoms with Gasteiger partial charge in [0.15, 0.2) is 0 Å². The molecular weight excluding hydrogens is 198 g/mol. The second-order valence-electron chi connectivity index (χ2n) is 3.43. The van der Waals surface area contributed by atoms with E-state index in [0.717, 1.165) is 12.2 Å². The van der Waals surface area contributed by atoms with Gasteiger partial charge in [-0.25, -0.2) is 0 Å². The molecule has 0 saturated carbocycles. The average Bonchev–Trinajstić information content (AvgIpc) is 2.17. The van der Waals surface area contributed by atoms with Crippen molar-refractivity contribution in [3.05, 3.63) is 0 Å². The van der Waals surface area contributed by atoms with E-state index in [0.29, 0.717) is 17.7 Å². The maximum Gasteiger partial charge on any atom is 0.306 e. The van der Waals surface area contributed by atoms with Crippen molar-refractivity contribution >= 4 is 17.7 Å². The average molecular weight is 219 g/mol. The molecule has 0 saturated heterocycles. The lowest BCUT2D eigenvalue weighted by Gasteiger charge is -2.15. The monoisotopic (exact) mass is 219 g/mol. The van der Waals surface area contributed by atoms with Crippen LogP contribution in [0.2, 0.25) is 0 Å². The number of thioether (sulfide) groups is 1. The van der Waals surface area contributed by atoms with E-state index in [1.165, 1.54) is 7.11 Å². The lowest BCUT2D eigenvalue weighted by atomic mass is 10.2. The Bertz CT molecular complexity index is 164. The molecule has 0 heterocycles. The zero-order valence-corrected chi connectivity index (χ0v) is 10.3. The molecule has 0 aromatic carbocycles. The summed E-state index contributed by atoms with van der Waals surface area (Å²) >= 11 is 1.82. The van der Waals surface area contributed by atoms with Crippen LogP contribution >= 0.6 is 11.8 Å². The highest BCUT2D eigenvalue weighted by atomic mass is 32.2. The van der Waals surface area contributed by atoms with E-state index < -0.39 is 0 Å². The van der Waals surface area contributed by atoms with Crippen LogP contribution in [0.5, 0.6) is 0 Å². The van der Waals surface area contributed by atoms with Gasteiger partial charge in [0.2, 0.25) is 0 Å². The summed E-state index contributed by atoms with van der Waals surface area (Å²) < 4.78 is 4.57. The molecule has 3 nitrogen and oxygen atoms in total. The molecule has 0 aliphatic rings. The SMILES string of the molecule is CNC(C)CC(C)SCCC(=O)OC. The van der Waals surface area contributed by atoms with E-state index in [9.17, 15) is 4.79 Å². The Morgan fingerprint density at radius 2 is 2.14 bits per heavy atom. The summed E-state index contributed by atoms with van der Waals surface area (Å²) in [5.41, 5.74) is 0. The van der Waals surface area contributed by atoms with Crippen LogP contribution in [0.4, 0.5) is 0 Å². The molecule has 0 amide bonds. The van der Waals surface area contributed by atoms with Gasteiger partial charge in [-0.2, -0.15) is 11.8 Å². The largest absolute Gasteiger partial charge is 0.469 e. The quantitative estimate of drug-likeness (QED) is 0.661. The summed E-state index contributed by atoms with van der Waals surface area (Å²) in [5, 5.41) is 3.79. The van der Waals surface area contributed by atoms with Crippen molar-refractivity contribution in [3.63, 3.8) is 0 Å². The van der Waals surface area contributed by atoms with Crippen LogP contribution in [0.1, 0.15) is 26.7 Å². The van der Waals surface area contributed by atoms with Crippen molar-refractivity contribution in [2.45, 2.75) is 38.0 Å². The fourth-order valence-corrected chi connectivity index (χ4v) is 2.24. The summed E-state index contributed by atoms with van der Waals surface area (Å²) in [7, 11) is 3.40. The second-order valence-corrected chi connectivity index (χ2v) is 4.98. The summed E-state index contributed by atoms with van der Waals surface area (Å²) in [6.07, 6.45) is 1.64. The van der Waals surface area contributed by atoms with Crippen molar-refractivity contribution in [2.24, 2.45) is 0 Å². The molecule has 0 fully saturated rings. The summed E-state index contributed by atoms with van der Waals surface area (Å²) in [5.74, 6) is 0.732. The number of esters is 1. The molecule has 0 aliphatic carbocycles. The summed E-state index contributed by atoms with van der Waals surface area (Å²) in [4.78, 5) is 10.8. The molecule has 0 aliphatic heterocycles. The van der Waals surface area contributed by atoms with Crippen LogP contribution in [0.15, 0.2) is 0 Å². The lowest BCUT2D eigenvalue weighted by Crippen LogP contribution is -2.24. The third-order valence-electron chi connectivity index (χ3n) is 2.11. The van der Waals surface area contributed by atoms with E-state index in [1.54, 1.807) is 0 Å². The summed E-state index contributed by atoms with van der Waals surface area (Å²) in [6, 6.07) is 0.538.